The van der Waals surface area contributed by atoms with Gasteiger partial charge in [-0.05, 0) is 42.0 Å². The number of rotatable bonds is 5. The lowest BCUT2D eigenvalue weighted by Gasteiger charge is -2.12. The van der Waals surface area contributed by atoms with E-state index < -0.39 is 0 Å². The van der Waals surface area contributed by atoms with E-state index in [1.165, 1.54) is 18.2 Å². The molecule has 0 aliphatic heterocycles. The molecule has 0 radical (unpaired) electrons. The van der Waals surface area contributed by atoms with E-state index in [1.54, 1.807) is 0 Å². The average Bonchev–Trinajstić information content (AvgIpc) is 3.22. The van der Waals surface area contributed by atoms with Crippen LogP contribution in [0.15, 0.2) is 60.8 Å². The molecule has 0 saturated heterocycles. The summed E-state index contributed by atoms with van der Waals surface area (Å²) in [6, 6.07) is 18.2. The van der Waals surface area contributed by atoms with E-state index in [-0.39, 0.29) is 11.8 Å². The second-order valence-electron chi connectivity index (χ2n) is 6.91. The Morgan fingerprint density at radius 1 is 1.04 bits per heavy atom. The van der Waals surface area contributed by atoms with E-state index in [9.17, 15) is 4.79 Å². The van der Waals surface area contributed by atoms with E-state index in [1.807, 2.05) is 42.6 Å². The topological polar surface area (TPSA) is 54.0 Å². The smallest absolute Gasteiger partial charge is 0.227 e. The maximum Gasteiger partial charge on any atom is 0.227 e. The number of benzene rings is 2. The van der Waals surface area contributed by atoms with Crippen LogP contribution in [0, 0.1) is 5.92 Å². The van der Waals surface area contributed by atoms with Crippen molar-refractivity contribution in [2.75, 3.05) is 10.6 Å². The van der Waals surface area contributed by atoms with Gasteiger partial charge in [-0.25, -0.2) is 4.98 Å². The van der Waals surface area contributed by atoms with Crippen molar-refractivity contribution in [1.82, 2.24) is 4.98 Å². The fourth-order valence-electron chi connectivity index (χ4n) is 3.64. The first kappa shape index (κ1) is 16.6. The Balaban J connectivity index is 1.44. The van der Waals surface area contributed by atoms with Crippen LogP contribution < -0.4 is 10.6 Å². The zero-order chi connectivity index (χ0) is 17.8. The molecule has 4 nitrogen and oxygen atoms in total. The monoisotopic (exact) mass is 345 g/mol. The van der Waals surface area contributed by atoms with Crippen molar-refractivity contribution >= 4 is 28.2 Å². The number of hydrogen-bond donors (Lipinski definition) is 2. The molecule has 4 rings (SSSR count). The van der Waals surface area contributed by atoms with Gasteiger partial charge in [0.25, 0.3) is 0 Å². The number of hydrogen-bond acceptors (Lipinski definition) is 3. The summed E-state index contributed by atoms with van der Waals surface area (Å²) < 4.78 is 0. The van der Waals surface area contributed by atoms with Gasteiger partial charge < -0.3 is 10.6 Å². The predicted molar refractivity (Wildman–Crippen MR) is 106 cm³/mol. The quantitative estimate of drug-likeness (QED) is 0.686. The minimum Gasteiger partial charge on any atom is -0.365 e. The van der Waals surface area contributed by atoms with Gasteiger partial charge in [-0.3, -0.25) is 4.79 Å². The van der Waals surface area contributed by atoms with Crippen LogP contribution in [0.5, 0.6) is 0 Å². The molecule has 1 aliphatic carbocycles. The zero-order valence-corrected chi connectivity index (χ0v) is 14.7. The third-order valence-electron chi connectivity index (χ3n) is 5.05. The summed E-state index contributed by atoms with van der Waals surface area (Å²) in [6.07, 6.45) is 6.18. The second kappa shape index (κ2) is 7.56. The number of amides is 1. The van der Waals surface area contributed by atoms with Crippen molar-refractivity contribution in [2.24, 2.45) is 5.92 Å². The second-order valence-corrected chi connectivity index (χ2v) is 6.91. The summed E-state index contributed by atoms with van der Waals surface area (Å²) in [4.78, 5) is 16.8. The maximum absolute atomic E-state index is 12.3. The zero-order valence-electron chi connectivity index (χ0n) is 14.7. The summed E-state index contributed by atoms with van der Waals surface area (Å²) in [5, 5.41) is 8.77. The molecule has 26 heavy (non-hydrogen) atoms. The first-order valence-electron chi connectivity index (χ1n) is 9.27. The number of carbonyl (C=O) groups is 1. The molecular weight excluding hydrogens is 322 g/mol. The van der Waals surface area contributed by atoms with Gasteiger partial charge in [0.1, 0.15) is 5.82 Å². The molecule has 2 N–H and O–H groups in total. The van der Waals surface area contributed by atoms with Gasteiger partial charge >= 0.3 is 0 Å². The summed E-state index contributed by atoms with van der Waals surface area (Å²) in [5.41, 5.74) is 1.98. The number of nitrogens with one attached hydrogen (secondary N) is 2. The first-order chi connectivity index (χ1) is 12.8. The van der Waals surface area contributed by atoms with Crippen molar-refractivity contribution in [3.63, 3.8) is 0 Å². The molecule has 0 bridgehead atoms. The van der Waals surface area contributed by atoms with Gasteiger partial charge in [0.05, 0.1) is 0 Å². The highest BCUT2D eigenvalue weighted by molar-refractivity contribution is 5.93. The van der Waals surface area contributed by atoms with E-state index >= 15 is 0 Å². The SMILES string of the molecule is O=C(Nc1cccc(CNc2nccc3ccccc23)c1)C1CCCC1. The van der Waals surface area contributed by atoms with Gasteiger partial charge in [0, 0.05) is 29.7 Å². The average molecular weight is 345 g/mol. The summed E-state index contributed by atoms with van der Waals surface area (Å²) in [7, 11) is 0. The van der Waals surface area contributed by atoms with Crippen LogP contribution in [-0.2, 0) is 11.3 Å². The van der Waals surface area contributed by atoms with Crippen LogP contribution in [0.4, 0.5) is 11.5 Å². The van der Waals surface area contributed by atoms with E-state index in [2.05, 4.69) is 33.8 Å². The first-order valence-corrected chi connectivity index (χ1v) is 9.27. The highest BCUT2D eigenvalue weighted by atomic mass is 16.1. The number of nitrogens with zero attached hydrogens (tertiary/aromatic N) is 1. The largest absolute Gasteiger partial charge is 0.365 e. The lowest BCUT2D eigenvalue weighted by molar-refractivity contribution is -0.119. The predicted octanol–water partition coefficient (Wildman–Crippen LogP) is 4.98. The molecule has 132 valence electrons. The highest BCUT2D eigenvalue weighted by Gasteiger charge is 2.22. The molecule has 0 atom stereocenters. The molecule has 1 aromatic heterocycles. The van der Waals surface area contributed by atoms with Crippen molar-refractivity contribution < 1.29 is 4.79 Å². The minimum absolute atomic E-state index is 0.156. The van der Waals surface area contributed by atoms with Crippen molar-refractivity contribution in [3.8, 4) is 0 Å². The van der Waals surface area contributed by atoms with Crippen LogP contribution >= 0.6 is 0 Å². The van der Waals surface area contributed by atoms with E-state index in [0.29, 0.717) is 6.54 Å². The summed E-state index contributed by atoms with van der Waals surface area (Å²) >= 11 is 0. The van der Waals surface area contributed by atoms with Crippen molar-refractivity contribution in [1.29, 1.82) is 0 Å². The lowest BCUT2D eigenvalue weighted by Crippen LogP contribution is -2.20. The van der Waals surface area contributed by atoms with Crippen LogP contribution in [0.25, 0.3) is 10.8 Å². The minimum atomic E-state index is 0.156. The molecule has 1 fully saturated rings. The Hall–Kier alpha value is -2.88. The standard InChI is InChI=1S/C22H23N3O/c26-22(18-8-1-2-9-18)25-19-10-5-6-16(14-19)15-24-21-20-11-4-3-7-17(20)12-13-23-21/h3-7,10-14,18H,1-2,8-9,15H2,(H,23,24)(H,25,26). The Morgan fingerprint density at radius 3 is 2.77 bits per heavy atom. The van der Waals surface area contributed by atoms with Gasteiger partial charge in [-0.2, -0.15) is 0 Å². The van der Waals surface area contributed by atoms with E-state index in [4.69, 9.17) is 0 Å². The molecule has 1 heterocycles. The Bertz CT molecular complexity index is 911. The number of fused-ring (bicyclic) bond motifs is 1. The Kier molecular flexibility index (Phi) is 4.82. The van der Waals surface area contributed by atoms with Gasteiger partial charge in [-0.15, -0.1) is 0 Å². The lowest BCUT2D eigenvalue weighted by atomic mass is 10.1. The highest BCUT2D eigenvalue weighted by Crippen LogP contribution is 2.26. The Morgan fingerprint density at radius 2 is 1.88 bits per heavy atom. The van der Waals surface area contributed by atoms with Crippen LogP contribution in [0.1, 0.15) is 31.2 Å². The summed E-state index contributed by atoms with van der Waals surface area (Å²) in [5.74, 6) is 1.21. The fourth-order valence-corrected chi connectivity index (χ4v) is 3.64. The van der Waals surface area contributed by atoms with E-state index in [0.717, 1.165) is 35.3 Å². The number of carbonyl (C=O) groups excluding carboxylic acids is 1. The number of aromatic nitrogens is 1. The Labute approximate surface area is 153 Å². The van der Waals surface area contributed by atoms with Crippen LogP contribution in [0.2, 0.25) is 0 Å². The maximum atomic E-state index is 12.3. The van der Waals surface area contributed by atoms with Crippen molar-refractivity contribution in [3.05, 3.63) is 66.4 Å². The molecule has 0 unspecified atom stereocenters. The van der Waals surface area contributed by atoms with Crippen LogP contribution in [-0.4, -0.2) is 10.9 Å². The number of pyridine rings is 1. The number of anilines is 2. The van der Waals surface area contributed by atoms with Crippen molar-refractivity contribution in [2.45, 2.75) is 32.2 Å². The van der Waals surface area contributed by atoms with Crippen LogP contribution in [0.3, 0.4) is 0 Å². The van der Waals surface area contributed by atoms with Gasteiger partial charge in [-0.1, -0.05) is 49.2 Å². The molecule has 1 saturated carbocycles. The molecular formula is C22H23N3O. The molecule has 3 aromatic rings. The molecule has 2 aromatic carbocycles. The molecule has 0 spiro atoms. The normalized spacial score (nSPS) is 14.5. The molecule has 1 amide bonds. The molecule has 1 aliphatic rings. The fraction of sp³-hybridized carbons (Fsp3) is 0.273. The molecule has 4 heteroatoms. The third-order valence-corrected chi connectivity index (χ3v) is 5.05. The third kappa shape index (κ3) is 3.69. The van der Waals surface area contributed by atoms with Gasteiger partial charge in [0.15, 0.2) is 0 Å². The van der Waals surface area contributed by atoms with Gasteiger partial charge in [0.2, 0.25) is 5.91 Å². The summed E-state index contributed by atoms with van der Waals surface area (Å²) in [6.45, 7) is 0.661.